The van der Waals surface area contributed by atoms with E-state index in [1.54, 1.807) is 48.5 Å². The van der Waals surface area contributed by atoms with E-state index in [1.807, 2.05) is 0 Å². The van der Waals surface area contributed by atoms with Crippen molar-refractivity contribution in [3.05, 3.63) is 59.1 Å². The third kappa shape index (κ3) is 3.54. The lowest BCUT2D eigenvalue weighted by molar-refractivity contribution is -0.122. The Morgan fingerprint density at radius 2 is 1.50 bits per heavy atom. The number of anilines is 1. The molecule has 2 aromatic rings. The summed E-state index contributed by atoms with van der Waals surface area (Å²) in [6, 6.07) is 13.4. The number of nitrogens with zero attached hydrogens (tertiary/aromatic N) is 1. The Hall–Kier alpha value is -2.66. The van der Waals surface area contributed by atoms with Crippen LogP contribution in [-0.4, -0.2) is 24.2 Å². The average Bonchev–Trinajstić information content (AvgIpc) is 2.98. The number of rotatable bonds is 5. The zero-order valence-corrected chi connectivity index (χ0v) is 16.0. The van der Waals surface area contributed by atoms with Crippen molar-refractivity contribution in [3.63, 3.8) is 0 Å². The highest BCUT2D eigenvalue weighted by atomic mass is 35.5. The van der Waals surface area contributed by atoms with Gasteiger partial charge >= 0.3 is 0 Å². The van der Waals surface area contributed by atoms with Gasteiger partial charge in [0.1, 0.15) is 5.75 Å². The second-order valence-electron chi connectivity index (χ2n) is 7.22. The molecule has 4 rings (SSSR count). The summed E-state index contributed by atoms with van der Waals surface area (Å²) in [5.41, 5.74) is 1.08. The summed E-state index contributed by atoms with van der Waals surface area (Å²) >= 11 is 5.82. The van der Waals surface area contributed by atoms with E-state index in [2.05, 4.69) is 0 Å². The van der Waals surface area contributed by atoms with Crippen LogP contribution in [0.3, 0.4) is 0 Å². The first-order valence-electron chi connectivity index (χ1n) is 9.44. The molecule has 5 nitrogen and oxygen atoms in total. The zero-order valence-electron chi connectivity index (χ0n) is 15.3. The molecule has 0 N–H and O–H groups in total. The molecule has 2 aromatic carbocycles. The molecule has 0 radical (unpaired) electrons. The highest BCUT2D eigenvalue weighted by Gasteiger charge is 2.48. The summed E-state index contributed by atoms with van der Waals surface area (Å²) in [5, 5.41) is 0.568. The molecule has 1 saturated heterocycles. The standard InChI is InChI=1S/C22H20ClNO4/c23-15-7-5-14(6-8-15)20(25)13-28-17-11-9-16(10-12-17)24-21(26)18-3-1-2-4-19(18)22(24)27/h5-12,18-19H,1-4,13H2/t18-,19-/m0/s1. The molecular weight excluding hydrogens is 378 g/mol. The Morgan fingerprint density at radius 1 is 0.929 bits per heavy atom. The van der Waals surface area contributed by atoms with E-state index < -0.39 is 0 Å². The van der Waals surface area contributed by atoms with Crippen LogP contribution < -0.4 is 9.64 Å². The fourth-order valence-electron chi connectivity index (χ4n) is 3.98. The topological polar surface area (TPSA) is 63.7 Å². The van der Waals surface area contributed by atoms with E-state index in [-0.39, 0.29) is 36.0 Å². The van der Waals surface area contributed by atoms with Gasteiger partial charge in [0.05, 0.1) is 17.5 Å². The SMILES string of the molecule is O=C(COc1ccc(N2C(=O)[C@H]3CCCC[C@@H]3C2=O)cc1)c1ccc(Cl)cc1. The van der Waals surface area contributed by atoms with Crippen LogP contribution in [0.4, 0.5) is 5.69 Å². The Bertz CT molecular complexity index is 883. The molecule has 0 bridgehead atoms. The van der Waals surface area contributed by atoms with Crippen molar-refractivity contribution in [3.8, 4) is 5.75 Å². The summed E-state index contributed by atoms with van der Waals surface area (Å²) in [4.78, 5) is 38.8. The number of amides is 2. The summed E-state index contributed by atoms with van der Waals surface area (Å²) in [5.74, 6) is -0.191. The van der Waals surface area contributed by atoms with Crippen LogP contribution in [0.15, 0.2) is 48.5 Å². The molecule has 0 spiro atoms. The van der Waals surface area contributed by atoms with Crippen LogP contribution in [0.1, 0.15) is 36.0 Å². The monoisotopic (exact) mass is 397 g/mol. The van der Waals surface area contributed by atoms with E-state index in [1.165, 1.54) is 4.90 Å². The van der Waals surface area contributed by atoms with Crippen molar-refractivity contribution in [1.82, 2.24) is 0 Å². The minimum Gasteiger partial charge on any atom is -0.485 e. The van der Waals surface area contributed by atoms with Gasteiger partial charge in [0.25, 0.3) is 0 Å². The van der Waals surface area contributed by atoms with Crippen LogP contribution in [-0.2, 0) is 9.59 Å². The van der Waals surface area contributed by atoms with Gasteiger partial charge in [-0.1, -0.05) is 24.4 Å². The van der Waals surface area contributed by atoms with Crippen molar-refractivity contribution >= 4 is 34.9 Å². The molecule has 2 fully saturated rings. The van der Waals surface area contributed by atoms with Gasteiger partial charge in [-0.2, -0.15) is 0 Å². The third-order valence-corrected chi connectivity index (χ3v) is 5.72. The summed E-state index contributed by atoms with van der Waals surface area (Å²) in [6.45, 7) is -0.104. The quantitative estimate of drug-likeness (QED) is 0.558. The van der Waals surface area contributed by atoms with Crippen LogP contribution >= 0.6 is 11.6 Å². The number of carbonyl (C=O) groups is 3. The molecule has 6 heteroatoms. The molecule has 28 heavy (non-hydrogen) atoms. The second-order valence-corrected chi connectivity index (χ2v) is 7.66. The molecule has 2 amide bonds. The normalized spacial score (nSPS) is 21.5. The number of fused-ring (bicyclic) bond motifs is 1. The molecule has 144 valence electrons. The smallest absolute Gasteiger partial charge is 0.237 e. The van der Waals surface area contributed by atoms with E-state index >= 15 is 0 Å². The zero-order chi connectivity index (χ0) is 19.7. The van der Waals surface area contributed by atoms with E-state index in [0.29, 0.717) is 22.0 Å². The van der Waals surface area contributed by atoms with E-state index in [0.717, 1.165) is 25.7 Å². The van der Waals surface area contributed by atoms with E-state index in [9.17, 15) is 14.4 Å². The number of carbonyl (C=O) groups excluding carboxylic acids is 3. The molecule has 1 aliphatic heterocycles. The fraction of sp³-hybridized carbons (Fsp3) is 0.318. The minimum absolute atomic E-state index is 0.0960. The largest absolute Gasteiger partial charge is 0.485 e. The molecule has 0 aromatic heterocycles. The van der Waals surface area contributed by atoms with Gasteiger partial charge < -0.3 is 4.74 Å². The molecule has 2 atom stereocenters. The van der Waals surface area contributed by atoms with Crippen molar-refractivity contribution in [2.45, 2.75) is 25.7 Å². The fourth-order valence-corrected chi connectivity index (χ4v) is 4.10. The van der Waals surface area contributed by atoms with Crippen molar-refractivity contribution in [1.29, 1.82) is 0 Å². The highest BCUT2D eigenvalue weighted by Crippen LogP contribution is 2.40. The Labute approximate surface area is 168 Å². The first-order valence-corrected chi connectivity index (χ1v) is 9.82. The first kappa shape index (κ1) is 18.7. The van der Waals surface area contributed by atoms with Gasteiger partial charge in [0.2, 0.25) is 11.8 Å². The molecule has 2 aliphatic rings. The summed E-state index contributed by atoms with van der Waals surface area (Å²) in [6.07, 6.45) is 3.59. The number of ether oxygens (including phenoxy) is 1. The summed E-state index contributed by atoms with van der Waals surface area (Å²) < 4.78 is 5.55. The molecule has 1 heterocycles. The van der Waals surface area contributed by atoms with Gasteiger partial charge in [-0.3, -0.25) is 19.3 Å². The van der Waals surface area contributed by atoms with Gasteiger partial charge in [-0.25, -0.2) is 0 Å². The molecule has 1 aliphatic carbocycles. The van der Waals surface area contributed by atoms with Crippen LogP contribution in [0.5, 0.6) is 5.75 Å². The predicted octanol–water partition coefficient (Wildman–Crippen LogP) is 4.28. The Morgan fingerprint density at radius 3 is 2.07 bits per heavy atom. The number of ketones is 1. The van der Waals surface area contributed by atoms with Gasteiger partial charge in [-0.15, -0.1) is 0 Å². The Balaban J connectivity index is 1.41. The second kappa shape index (κ2) is 7.76. The number of Topliss-reactive ketones (excluding diaryl/α,β-unsaturated/α-hetero) is 1. The number of halogens is 1. The number of benzene rings is 2. The highest BCUT2D eigenvalue weighted by molar-refractivity contribution is 6.30. The van der Waals surface area contributed by atoms with Crippen LogP contribution in [0.2, 0.25) is 5.02 Å². The van der Waals surface area contributed by atoms with Crippen molar-refractivity contribution in [2.24, 2.45) is 11.8 Å². The lowest BCUT2D eigenvalue weighted by Gasteiger charge is -2.19. The number of hydrogen-bond donors (Lipinski definition) is 0. The average molecular weight is 398 g/mol. The summed E-state index contributed by atoms with van der Waals surface area (Å²) in [7, 11) is 0. The third-order valence-electron chi connectivity index (χ3n) is 5.47. The lowest BCUT2D eigenvalue weighted by atomic mass is 9.81. The maximum absolute atomic E-state index is 12.7. The van der Waals surface area contributed by atoms with Gasteiger partial charge in [0.15, 0.2) is 12.4 Å². The molecule has 1 saturated carbocycles. The Kier molecular flexibility index (Phi) is 5.18. The molecular formula is C22H20ClNO4. The minimum atomic E-state index is -0.172. The van der Waals surface area contributed by atoms with Crippen molar-refractivity contribution < 1.29 is 19.1 Å². The van der Waals surface area contributed by atoms with Crippen LogP contribution in [0, 0.1) is 11.8 Å². The number of hydrogen-bond acceptors (Lipinski definition) is 4. The van der Waals surface area contributed by atoms with Gasteiger partial charge in [-0.05, 0) is 61.4 Å². The predicted molar refractivity (Wildman–Crippen MR) is 106 cm³/mol. The van der Waals surface area contributed by atoms with E-state index in [4.69, 9.17) is 16.3 Å². The maximum Gasteiger partial charge on any atom is 0.237 e. The first-order chi connectivity index (χ1) is 13.5. The van der Waals surface area contributed by atoms with Crippen LogP contribution in [0.25, 0.3) is 0 Å². The van der Waals surface area contributed by atoms with Gasteiger partial charge in [0, 0.05) is 10.6 Å². The number of imide groups is 1. The molecule has 0 unspecified atom stereocenters. The maximum atomic E-state index is 12.7. The van der Waals surface area contributed by atoms with Crippen molar-refractivity contribution in [2.75, 3.05) is 11.5 Å². The lowest BCUT2D eigenvalue weighted by Crippen LogP contribution is -2.30.